The molecule has 2 N–H and O–H groups in total. The zero-order valence-corrected chi connectivity index (χ0v) is 10.3. The molecule has 1 aliphatic heterocycles. The molecule has 1 heterocycles. The zero-order chi connectivity index (χ0) is 11.3. The van der Waals surface area contributed by atoms with Crippen molar-refractivity contribution in [2.45, 2.75) is 29.8 Å². The molecule has 1 saturated heterocycles. The van der Waals surface area contributed by atoms with Crippen LogP contribution < -0.4 is 5.32 Å². The van der Waals surface area contributed by atoms with E-state index in [9.17, 15) is 5.11 Å². The number of rotatable bonds is 3. The molecule has 0 amide bonds. The molecule has 0 spiro atoms. The minimum Gasteiger partial charge on any atom is -0.389 e. The molecule has 0 aliphatic carbocycles. The average Bonchev–Trinajstić information content (AvgIpc) is 2.54. The minimum absolute atomic E-state index is 0.482. The first kappa shape index (κ1) is 12.0. The minimum atomic E-state index is -0.482. The van der Waals surface area contributed by atoms with E-state index in [1.165, 1.54) is 4.90 Å². The Balaban J connectivity index is 1.88. The Kier molecular flexibility index (Phi) is 4.27. The van der Waals surface area contributed by atoms with Crippen molar-refractivity contribution in [2.75, 3.05) is 18.8 Å². The number of hydrogen-bond donors (Lipinski definition) is 2. The summed E-state index contributed by atoms with van der Waals surface area (Å²) in [6.07, 6.45) is 2.86. The highest BCUT2D eigenvalue weighted by Crippen LogP contribution is 2.28. The molecule has 2 nitrogen and oxygen atoms in total. The lowest BCUT2D eigenvalue weighted by Gasteiger charge is -2.25. The predicted octanol–water partition coefficient (Wildman–Crippen LogP) is 2.28. The van der Waals surface area contributed by atoms with Crippen molar-refractivity contribution in [1.82, 2.24) is 5.32 Å². The third-order valence-corrected chi connectivity index (χ3v) is 4.30. The van der Waals surface area contributed by atoms with Crippen molar-refractivity contribution in [3.8, 4) is 0 Å². The molecule has 16 heavy (non-hydrogen) atoms. The highest BCUT2D eigenvalue weighted by atomic mass is 32.2. The quantitative estimate of drug-likeness (QED) is 0.791. The Bertz CT molecular complexity index is 307. The first-order valence-corrected chi connectivity index (χ1v) is 6.88. The van der Waals surface area contributed by atoms with Gasteiger partial charge in [0.2, 0.25) is 0 Å². The second-order valence-electron chi connectivity index (χ2n) is 4.43. The van der Waals surface area contributed by atoms with E-state index < -0.39 is 5.60 Å². The van der Waals surface area contributed by atoms with Crippen LogP contribution in [0.3, 0.4) is 0 Å². The summed E-state index contributed by atoms with van der Waals surface area (Å²) < 4.78 is 0. The topological polar surface area (TPSA) is 32.3 Å². The number of thioether (sulfide) groups is 1. The summed E-state index contributed by atoms with van der Waals surface area (Å²) >= 11 is 1.76. The summed E-state index contributed by atoms with van der Waals surface area (Å²) in [5, 5.41) is 13.8. The summed E-state index contributed by atoms with van der Waals surface area (Å²) in [6.45, 7) is 1.98. The molecule has 1 atom stereocenters. The molecule has 1 aromatic rings. The van der Waals surface area contributed by atoms with Crippen molar-refractivity contribution in [1.29, 1.82) is 0 Å². The third-order valence-electron chi connectivity index (χ3n) is 3.01. The molecule has 0 bridgehead atoms. The predicted molar refractivity (Wildman–Crippen MR) is 68.8 cm³/mol. The second kappa shape index (κ2) is 5.71. The van der Waals surface area contributed by atoms with Crippen LogP contribution in [0.4, 0.5) is 0 Å². The maximum Gasteiger partial charge on any atom is 0.0753 e. The van der Waals surface area contributed by atoms with E-state index in [0.717, 1.165) is 38.1 Å². The molecule has 2 rings (SSSR count). The monoisotopic (exact) mass is 237 g/mol. The van der Waals surface area contributed by atoms with Crippen LogP contribution in [-0.2, 0) is 0 Å². The van der Waals surface area contributed by atoms with Gasteiger partial charge in [0.05, 0.1) is 5.60 Å². The van der Waals surface area contributed by atoms with Crippen molar-refractivity contribution in [2.24, 2.45) is 0 Å². The van der Waals surface area contributed by atoms with Crippen LogP contribution in [-0.4, -0.2) is 29.5 Å². The number of aliphatic hydroxyl groups is 1. The highest BCUT2D eigenvalue weighted by Gasteiger charge is 2.27. The van der Waals surface area contributed by atoms with Gasteiger partial charge in [0.25, 0.3) is 0 Å². The zero-order valence-electron chi connectivity index (χ0n) is 9.48. The van der Waals surface area contributed by atoms with E-state index in [4.69, 9.17) is 0 Å². The Morgan fingerprint density at radius 2 is 2.00 bits per heavy atom. The van der Waals surface area contributed by atoms with Gasteiger partial charge in [0, 0.05) is 10.6 Å². The maximum absolute atomic E-state index is 10.5. The molecule has 0 saturated carbocycles. The van der Waals surface area contributed by atoms with Crippen LogP contribution in [0.5, 0.6) is 0 Å². The molecule has 0 aromatic heterocycles. The average molecular weight is 237 g/mol. The molecule has 88 valence electrons. The van der Waals surface area contributed by atoms with Crippen LogP contribution in [0.2, 0.25) is 0 Å². The van der Waals surface area contributed by atoms with Crippen molar-refractivity contribution in [3.05, 3.63) is 30.3 Å². The van der Waals surface area contributed by atoms with Gasteiger partial charge < -0.3 is 10.4 Å². The number of benzene rings is 1. The van der Waals surface area contributed by atoms with Gasteiger partial charge in [-0.25, -0.2) is 0 Å². The van der Waals surface area contributed by atoms with Crippen molar-refractivity contribution < 1.29 is 5.11 Å². The molecule has 1 aliphatic rings. The van der Waals surface area contributed by atoms with E-state index in [1.807, 2.05) is 18.2 Å². The molecule has 1 aromatic carbocycles. The molecular formula is C13H19NOS. The Hall–Kier alpha value is -0.510. The summed E-state index contributed by atoms with van der Waals surface area (Å²) in [5.41, 5.74) is -0.482. The van der Waals surface area contributed by atoms with Gasteiger partial charge in [0.1, 0.15) is 0 Å². The summed E-state index contributed by atoms with van der Waals surface area (Å²) in [6, 6.07) is 10.3. The van der Waals surface area contributed by atoms with Gasteiger partial charge in [0.15, 0.2) is 0 Å². The third kappa shape index (κ3) is 3.51. The fourth-order valence-electron chi connectivity index (χ4n) is 1.99. The van der Waals surface area contributed by atoms with Crippen LogP contribution in [0.15, 0.2) is 35.2 Å². The SMILES string of the molecule is OC1(CSc2ccccc2)CCCNCC1. The smallest absolute Gasteiger partial charge is 0.0753 e. The van der Waals surface area contributed by atoms with Crippen LogP contribution in [0, 0.1) is 0 Å². The van der Waals surface area contributed by atoms with E-state index in [0.29, 0.717) is 0 Å². The van der Waals surface area contributed by atoms with Crippen LogP contribution in [0.1, 0.15) is 19.3 Å². The van der Waals surface area contributed by atoms with Crippen molar-refractivity contribution >= 4 is 11.8 Å². The van der Waals surface area contributed by atoms with E-state index in [-0.39, 0.29) is 0 Å². The van der Waals surface area contributed by atoms with Crippen molar-refractivity contribution in [3.63, 3.8) is 0 Å². The fraction of sp³-hybridized carbons (Fsp3) is 0.538. The van der Waals surface area contributed by atoms with E-state index >= 15 is 0 Å². The van der Waals surface area contributed by atoms with Crippen LogP contribution in [0.25, 0.3) is 0 Å². The molecule has 1 unspecified atom stereocenters. The van der Waals surface area contributed by atoms with E-state index in [1.54, 1.807) is 11.8 Å². The lowest BCUT2D eigenvalue weighted by atomic mass is 9.97. The van der Waals surface area contributed by atoms with Gasteiger partial charge in [-0.15, -0.1) is 11.8 Å². The fourth-order valence-corrected chi connectivity index (χ4v) is 3.07. The standard InChI is InChI=1S/C13H19NOS/c15-13(7-4-9-14-10-8-13)11-16-12-5-2-1-3-6-12/h1-3,5-6,14-15H,4,7-11H2. The summed E-state index contributed by atoms with van der Waals surface area (Å²) in [5.74, 6) is 0.804. The van der Waals surface area contributed by atoms with Gasteiger partial charge >= 0.3 is 0 Å². The Labute approximate surface area is 101 Å². The van der Waals surface area contributed by atoms with Gasteiger partial charge in [-0.1, -0.05) is 18.2 Å². The van der Waals surface area contributed by atoms with Gasteiger partial charge in [-0.2, -0.15) is 0 Å². The normalized spacial score (nSPS) is 26.3. The maximum atomic E-state index is 10.5. The Morgan fingerprint density at radius 1 is 1.19 bits per heavy atom. The van der Waals surface area contributed by atoms with E-state index in [2.05, 4.69) is 17.4 Å². The molecule has 0 radical (unpaired) electrons. The number of nitrogens with one attached hydrogen (secondary N) is 1. The lowest BCUT2D eigenvalue weighted by molar-refractivity contribution is 0.0527. The first-order valence-electron chi connectivity index (χ1n) is 5.89. The van der Waals surface area contributed by atoms with Gasteiger partial charge in [-0.05, 0) is 44.5 Å². The number of hydrogen-bond acceptors (Lipinski definition) is 3. The Morgan fingerprint density at radius 3 is 2.81 bits per heavy atom. The molecule has 3 heteroatoms. The first-order chi connectivity index (χ1) is 7.79. The highest BCUT2D eigenvalue weighted by molar-refractivity contribution is 7.99. The lowest BCUT2D eigenvalue weighted by Crippen LogP contribution is -2.32. The summed E-state index contributed by atoms with van der Waals surface area (Å²) in [7, 11) is 0. The molecule has 1 fully saturated rings. The molecular weight excluding hydrogens is 218 g/mol. The van der Waals surface area contributed by atoms with Crippen LogP contribution >= 0.6 is 11.8 Å². The summed E-state index contributed by atoms with van der Waals surface area (Å²) in [4.78, 5) is 1.24. The van der Waals surface area contributed by atoms with Gasteiger partial charge in [-0.3, -0.25) is 0 Å². The largest absolute Gasteiger partial charge is 0.389 e. The second-order valence-corrected chi connectivity index (χ2v) is 5.48.